The maximum atomic E-state index is 5.20. The van der Waals surface area contributed by atoms with Gasteiger partial charge in [-0.2, -0.15) is 20.0 Å². The zero-order valence-corrected chi connectivity index (χ0v) is 18.2. The number of nitrogens with zero attached hydrogens (tertiary/aromatic N) is 5. The van der Waals surface area contributed by atoms with Crippen LogP contribution in [-0.2, 0) is 0 Å². The normalized spacial score (nSPS) is 11.3. The van der Waals surface area contributed by atoms with Gasteiger partial charge in [-0.25, -0.2) is 4.68 Å². The van der Waals surface area contributed by atoms with Gasteiger partial charge in [-0.15, -0.1) is 0 Å². The van der Waals surface area contributed by atoms with Crippen LogP contribution >= 0.6 is 12.2 Å². The molecular formula is C25H20N6S. The van der Waals surface area contributed by atoms with Crippen LogP contribution in [0.1, 0.15) is 11.4 Å². The number of benzene rings is 3. The van der Waals surface area contributed by atoms with Crippen LogP contribution in [0.5, 0.6) is 0 Å². The molecule has 0 aliphatic heterocycles. The molecule has 7 heteroatoms. The topological polar surface area (TPSA) is 63.8 Å². The maximum absolute atomic E-state index is 5.20. The summed E-state index contributed by atoms with van der Waals surface area (Å²) in [7, 11) is 0. The van der Waals surface area contributed by atoms with Crippen LogP contribution in [0.25, 0.3) is 28.2 Å². The van der Waals surface area contributed by atoms with Crippen LogP contribution in [0, 0.1) is 11.7 Å². The Morgan fingerprint density at radius 1 is 0.875 bits per heavy atom. The zero-order chi connectivity index (χ0) is 21.9. The Kier molecular flexibility index (Phi) is 5.31. The molecule has 0 aliphatic carbocycles. The van der Waals surface area contributed by atoms with Crippen molar-refractivity contribution in [3.63, 3.8) is 0 Å². The highest BCUT2D eigenvalue weighted by Gasteiger charge is 2.13. The molecule has 2 aromatic heterocycles. The molecule has 0 saturated carbocycles. The van der Waals surface area contributed by atoms with Gasteiger partial charge in [0.05, 0.1) is 23.3 Å². The van der Waals surface area contributed by atoms with E-state index in [1.165, 1.54) is 0 Å². The second-order valence-corrected chi connectivity index (χ2v) is 7.67. The molecule has 6 nitrogen and oxygen atoms in total. The summed E-state index contributed by atoms with van der Waals surface area (Å²) in [5.74, 6) is 0.709. The van der Waals surface area contributed by atoms with Crippen molar-refractivity contribution in [1.82, 2.24) is 24.7 Å². The molecule has 5 rings (SSSR count). The summed E-state index contributed by atoms with van der Waals surface area (Å²) in [4.78, 5) is 0. The van der Waals surface area contributed by atoms with E-state index >= 15 is 0 Å². The lowest BCUT2D eigenvalue weighted by Gasteiger charge is -2.08. The van der Waals surface area contributed by atoms with Crippen LogP contribution in [0.15, 0.2) is 96.1 Å². The Balaban J connectivity index is 1.52. The first-order chi connectivity index (χ1) is 15.7. The van der Waals surface area contributed by atoms with Gasteiger partial charge in [-0.05, 0) is 42.9 Å². The summed E-state index contributed by atoms with van der Waals surface area (Å²) in [6, 6.07) is 30.7. The molecule has 0 saturated heterocycles. The quantitative estimate of drug-likeness (QED) is 0.286. The van der Waals surface area contributed by atoms with Crippen LogP contribution in [0.3, 0.4) is 0 Å². The first kappa shape index (κ1) is 19.8. The van der Waals surface area contributed by atoms with Crippen molar-refractivity contribution in [2.24, 2.45) is 5.10 Å². The SMILES string of the molecule is Cc1n[nH]c(=S)n1/N=C/c1ccc(-n2nc(-c3ccccc3)cc2-c2ccccc2)cc1. The Hall–Kier alpha value is -4.10. The average Bonchev–Trinajstić information content (AvgIpc) is 3.43. The average molecular weight is 437 g/mol. The summed E-state index contributed by atoms with van der Waals surface area (Å²) in [5, 5.41) is 16.1. The van der Waals surface area contributed by atoms with Crippen LogP contribution in [0.4, 0.5) is 0 Å². The highest BCUT2D eigenvalue weighted by atomic mass is 32.1. The third-order valence-corrected chi connectivity index (χ3v) is 5.38. The number of hydrogen-bond acceptors (Lipinski definition) is 4. The summed E-state index contributed by atoms with van der Waals surface area (Å²) in [6.07, 6.45) is 1.76. The largest absolute Gasteiger partial charge is 0.250 e. The third kappa shape index (κ3) is 3.93. The fourth-order valence-corrected chi connectivity index (χ4v) is 3.70. The molecule has 2 heterocycles. The molecule has 3 aromatic carbocycles. The van der Waals surface area contributed by atoms with E-state index in [-0.39, 0.29) is 0 Å². The Morgan fingerprint density at radius 2 is 1.53 bits per heavy atom. The van der Waals surface area contributed by atoms with Crippen molar-refractivity contribution in [3.05, 3.63) is 107 Å². The van der Waals surface area contributed by atoms with Crippen molar-refractivity contribution < 1.29 is 0 Å². The minimum atomic E-state index is 0.466. The molecule has 0 amide bonds. The van der Waals surface area contributed by atoms with Gasteiger partial charge in [0.2, 0.25) is 4.77 Å². The molecule has 0 aliphatic rings. The summed E-state index contributed by atoms with van der Waals surface area (Å²) in [6.45, 7) is 1.85. The van der Waals surface area contributed by atoms with E-state index in [2.05, 4.69) is 45.6 Å². The Bertz CT molecular complexity index is 1430. The van der Waals surface area contributed by atoms with Crippen LogP contribution in [-0.4, -0.2) is 30.9 Å². The molecule has 0 radical (unpaired) electrons. The first-order valence-electron chi connectivity index (χ1n) is 10.2. The van der Waals surface area contributed by atoms with Gasteiger partial charge in [-0.1, -0.05) is 72.8 Å². The van der Waals surface area contributed by atoms with E-state index in [0.717, 1.165) is 33.8 Å². The summed E-state index contributed by atoms with van der Waals surface area (Å²) >= 11 is 5.20. The smallest absolute Gasteiger partial charge is 0.216 e. The maximum Gasteiger partial charge on any atom is 0.216 e. The van der Waals surface area contributed by atoms with Gasteiger partial charge in [0.15, 0.2) is 0 Å². The fourth-order valence-electron chi connectivity index (χ4n) is 3.47. The van der Waals surface area contributed by atoms with Crippen molar-refractivity contribution >= 4 is 18.4 Å². The molecule has 0 bridgehead atoms. The van der Waals surface area contributed by atoms with E-state index in [0.29, 0.717) is 10.6 Å². The highest BCUT2D eigenvalue weighted by molar-refractivity contribution is 7.71. The van der Waals surface area contributed by atoms with E-state index in [1.807, 2.05) is 72.3 Å². The van der Waals surface area contributed by atoms with Gasteiger partial charge < -0.3 is 0 Å². The van der Waals surface area contributed by atoms with Gasteiger partial charge in [0.25, 0.3) is 0 Å². The number of H-pyrrole nitrogens is 1. The van der Waals surface area contributed by atoms with Gasteiger partial charge >= 0.3 is 0 Å². The molecule has 0 atom stereocenters. The van der Waals surface area contributed by atoms with Gasteiger partial charge in [-0.3, -0.25) is 5.10 Å². The molecule has 1 N–H and O–H groups in total. The third-order valence-electron chi connectivity index (χ3n) is 5.12. The van der Waals surface area contributed by atoms with Crippen molar-refractivity contribution in [2.75, 3.05) is 0 Å². The molecule has 156 valence electrons. The predicted molar refractivity (Wildman–Crippen MR) is 130 cm³/mol. The lowest BCUT2D eigenvalue weighted by Crippen LogP contribution is -2.00. The first-order valence-corrected chi connectivity index (χ1v) is 10.6. The summed E-state index contributed by atoms with van der Waals surface area (Å²) in [5.41, 5.74) is 6.08. The standard InChI is InChI=1S/C25H20N6S/c1-18-27-28-25(32)30(18)26-17-19-12-14-22(15-13-19)31-24(21-10-6-3-7-11-21)16-23(29-31)20-8-4-2-5-9-20/h2-17H,1H3,(H,28,32)/b26-17+. The number of nitrogens with one attached hydrogen (secondary N) is 1. The fraction of sp³-hybridized carbons (Fsp3) is 0.0400. The van der Waals surface area contributed by atoms with Crippen LogP contribution in [0.2, 0.25) is 0 Å². The second-order valence-electron chi connectivity index (χ2n) is 7.28. The molecular weight excluding hydrogens is 416 g/mol. The molecule has 0 spiro atoms. The van der Waals surface area contributed by atoms with E-state index in [9.17, 15) is 0 Å². The zero-order valence-electron chi connectivity index (χ0n) is 17.4. The highest BCUT2D eigenvalue weighted by Crippen LogP contribution is 2.28. The van der Waals surface area contributed by atoms with E-state index in [4.69, 9.17) is 17.3 Å². The lowest BCUT2D eigenvalue weighted by atomic mass is 10.1. The number of hydrogen-bond donors (Lipinski definition) is 1. The number of aromatic amines is 1. The Labute approximate surface area is 190 Å². The molecule has 5 aromatic rings. The molecule has 0 unspecified atom stereocenters. The van der Waals surface area contributed by atoms with Gasteiger partial charge in [0, 0.05) is 11.1 Å². The van der Waals surface area contributed by atoms with Crippen molar-refractivity contribution in [1.29, 1.82) is 0 Å². The van der Waals surface area contributed by atoms with Crippen LogP contribution < -0.4 is 0 Å². The minimum Gasteiger partial charge on any atom is -0.250 e. The predicted octanol–water partition coefficient (Wildman–Crippen LogP) is 5.65. The number of aromatic nitrogens is 5. The monoisotopic (exact) mass is 436 g/mol. The minimum absolute atomic E-state index is 0.466. The van der Waals surface area contributed by atoms with E-state index in [1.54, 1.807) is 10.9 Å². The molecule has 0 fully saturated rings. The second kappa shape index (κ2) is 8.56. The Morgan fingerprint density at radius 3 is 2.16 bits per heavy atom. The number of aryl methyl sites for hydroxylation is 1. The summed E-state index contributed by atoms with van der Waals surface area (Å²) < 4.78 is 4.04. The van der Waals surface area contributed by atoms with Crippen molar-refractivity contribution in [3.8, 4) is 28.2 Å². The molecule has 32 heavy (non-hydrogen) atoms. The van der Waals surface area contributed by atoms with Crippen molar-refractivity contribution in [2.45, 2.75) is 6.92 Å². The van der Waals surface area contributed by atoms with E-state index < -0.39 is 0 Å². The van der Waals surface area contributed by atoms with Gasteiger partial charge in [0.1, 0.15) is 5.82 Å². The number of rotatable bonds is 5. The lowest BCUT2D eigenvalue weighted by molar-refractivity contribution is 0.821.